The van der Waals surface area contributed by atoms with Gasteiger partial charge in [-0.05, 0) is 30.5 Å². The summed E-state index contributed by atoms with van der Waals surface area (Å²) in [7, 11) is 1.54. The van der Waals surface area contributed by atoms with E-state index in [0.29, 0.717) is 0 Å². The summed E-state index contributed by atoms with van der Waals surface area (Å²) in [6.07, 6.45) is 0. The van der Waals surface area contributed by atoms with Gasteiger partial charge in [0.05, 0.1) is 16.5 Å². The molecule has 0 aliphatic heterocycles. The van der Waals surface area contributed by atoms with E-state index in [0.717, 1.165) is 10.9 Å². The SMILES string of the molecule is CNc1ccc(C(=O)OCC(=O)N[C@H](C)c2cccs2)cc1[N+](=O)[O-]. The van der Waals surface area contributed by atoms with Gasteiger partial charge in [0.1, 0.15) is 5.69 Å². The van der Waals surface area contributed by atoms with Crippen molar-refractivity contribution in [3.8, 4) is 0 Å². The van der Waals surface area contributed by atoms with E-state index in [2.05, 4.69) is 10.6 Å². The molecular formula is C16H17N3O5S. The normalized spacial score (nSPS) is 11.4. The van der Waals surface area contributed by atoms with Gasteiger partial charge in [-0.1, -0.05) is 6.07 Å². The second-order valence-corrected chi connectivity index (χ2v) is 6.10. The number of thiophene rings is 1. The van der Waals surface area contributed by atoms with Crippen LogP contribution in [0.4, 0.5) is 11.4 Å². The first-order valence-corrected chi connectivity index (χ1v) is 8.26. The van der Waals surface area contributed by atoms with Crippen molar-refractivity contribution in [1.82, 2.24) is 5.32 Å². The number of carbonyl (C=O) groups excluding carboxylic acids is 2. The number of amides is 1. The first kappa shape index (κ1) is 18.4. The summed E-state index contributed by atoms with van der Waals surface area (Å²) in [6, 6.07) is 7.50. The van der Waals surface area contributed by atoms with E-state index in [-0.39, 0.29) is 23.0 Å². The lowest BCUT2D eigenvalue weighted by Gasteiger charge is -2.12. The van der Waals surface area contributed by atoms with Crippen molar-refractivity contribution >= 4 is 34.6 Å². The van der Waals surface area contributed by atoms with Crippen LogP contribution in [0.2, 0.25) is 0 Å². The predicted octanol–water partition coefficient (Wildman–Crippen LogP) is 2.73. The van der Waals surface area contributed by atoms with Crippen LogP contribution in [0.3, 0.4) is 0 Å². The maximum atomic E-state index is 12.0. The summed E-state index contributed by atoms with van der Waals surface area (Å²) in [5.74, 6) is -1.25. The molecule has 0 bridgehead atoms. The summed E-state index contributed by atoms with van der Waals surface area (Å²) in [4.78, 5) is 35.2. The minimum atomic E-state index is -0.801. The highest BCUT2D eigenvalue weighted by atomic mass is 32.1. The third kappa shape index (κ3) is 4.77. The van der Waals surface area contributed by atoms with Crippen molar-refractivity contribution in [2.45, 2.75) is 13.0 Å². The van der Waals surface area contributed by atoms with Gasteiger partial charge in [0, 0.05) is 18.0 Å². The molecule has 0 spiro atoms. The number of nitro benzene ring substituents is 1. The number of benzene rings is 1. The van der Waals surface area contributed by atoms with Gasteiger partial charge in [-0.2, -0.15) is 0 Å². The summed E-state index contributed by atoms with van der Waals surface area (Å²) >= 11 is 1.51. The number of ether oxygens (including phenoxy) is 1. The number of nitrogens with zero attached hydrogens (tertiary/aromatic N) is 1. The van der Waals surface area contributed by atoms with Crippen LogP contribution < -0.4 is 10.6 Å². The molecule has 1 amide bonds. The maximum absolute atomic E-state index is 12.0. The van der Waals surface area contributed by atoms with E-state index in [1.165, 1.54) is 23.5 Å². The van der Waals surface area contributed by atoms with E-state index in [1.807, 2.05) is 24.4 Å². The summed E-state index contributed by atoms with van der Waals surface area (Å²) < 4.78 is 4.93. The van der Waals surface area contributed by atoms with Gasteiger partial charge in [0.2, 0.25) is 0 Å². The smallest absolute Gasteiger partial charge is 0.338 e. The number of carbonyl (C=O) groups is 2. The lowest BCUT2D eigenvalue weighted by Crippen LogP contribution is -2.30. The lowest BCUT2D eigenvalue weighted by molar-refractivity contribution is -0.384. The largest absolute Gasteiger partial charge is 0.452 e. The Hall–Kier alpha value is -2.94. The zero-order chi connectivity index (χ0) is 18.4. The molecular weight excluding hydrogens is 346 g/mol. The lowest BCUT2D eigenvalue weighted by atomic mass is 10.1. The first-order valence-electron chi connectivity index (χ1n) is 7.38. The Morgan fingerprint density at radius 2 is 2.12 bits per heavy atom. The standard InChI is InChI=1S/C16H17N3O5S/c1-10(14-4-3-7-25-14)18-15(20)9-24-16(21)11-5-6-12(17-2)13(8-11)19(22)23/h3-8,10,17H,9H2,1-2H3,(H,18,20)/t10-/m1/s1. The Morgan fingerprint density at radius 3 is 2.72 bits per heavy atom. The molecule has 0 saturated heterocycles. The third-order valence-corrected chi connectivity index (χ3v) is 4.44. The molecule has 132 valence electrons. The Labute approximate surface area is 148 Å². The molecule has 8 nitrogen and oxygen atoms in total. The van der Waals surface area contributed by atoms with Crippen LogP contribution in [0.5, 0.6) is 0 Å². The fraction of sp³-hybridized carbons (Fsp3) is 0.250. The molecule has 25 heavy (non-hydrogen) atoms. The van der Waals surface area contributed by atoms with E-state index in [9.17, 15) is 19.7 Å². The zero-order valence-corrected chi connectivity index (χ0v) is 14.5. The molecule has 2 rings (SSSR count). The van der Waals surface area contributed by atoms with Gasteiger partial charge >= 0.3 is 5.97 Å². The van der Waals surface area contributed by atoms with Crippen molar-refractivity contribution in [2.75, 3.05) is 19.0 Å². The molecule has 0 saturated carbocycles. The Morgan fingerprint density at radius 1 is 1.36 bits per heavy atom. The molecule has 1 aromatic carbocycles. The Bertz CT molecular complexity index is 776. The fourth-order valence-corrected chi connectivity index (χ4v) is 2.86. The summed E-state index contributed by atoms with van der Waals surface area (Å²) in [6.45, 7) is 1.36. The van der Waals surface area contributed by atoms with Crippen LogP contribution in [-0.2, 0) is 9.53 Å². The fourth-order valence-electron chi connectivity index (χ4n) is 2.13. The van der Waals surface area contributed by atoms with Crippen molar-refractivity contribution in [1.29, 1.82) is 0 Å². The minimum Gasteiger partial charge on any atom is -0.452 e. The van der Waals surface area contributed by atoms with Crippen molar-refractivity contribution in [2.24, 2.45) is 0 Å². The molecule has 1 heterocycles. The van der Waals surface area contributed by atoms with Crippen molar-refractivity contribution in [3.63, 3.8) is 0 Å². The molecule has 0 unspecified atom stereocenters. The topological polar surface area (TPSA) is 111 Å². The zero-order valence-electron chi connectivity index (χ0n) is 13.6. The van der Waals surface area contributed by atoms with E-state index in [1.54, 1.807) is 7.05 Å². The molecule has 1 aromatic heterocycles. The average molecular weight is 363 g/mol. The van der Waals surface area contributed by atoms with Crippen molar-refractivity contribution in [3.05, 3.63) is 56.3 Å². The molecule has 9 heteroatoms. The van der Waals surface area contributed by atoms with Gasteiger partial charge in [-0.15, -0.1) is 11.3 Å². The van der Waals surface area contributed by atoms with Crippen LogP contribution >= 0.6 is 11.3 Å². The number of hydrogen-bond donors (Lipinski definition) is 2. The van der Waals surface area contributed by atoms with Crippen LogP contribution in [0.15, 0.2) is 35.7 Å². The molecule has 0 fully saturated rings. The number of rotatable bonds is 7. The number of anilines is 1. The average Bonchev–Trinajstić information content (AvgIpc) is 3.13. The summed E-state index contributed by atoms with van der Waals surface area (Å²) in [5, 5.41) is 18.3. The highest BCUT2D eigenvalue weighted by Crippen LogP contribution is 2.25. The second-order valence-electron chi connectivity index (χ2n) is 5.12. The summed E-state index contributed by atoms with van der Waals surface area (Å²) in [5.41, 5.74) is 0.0431. The third-order valence-electron chi connectivity index (χ3n) is 3.38. The molecule has 0 aliphatic rings. The number of nitro groups is 1. The van der Waals surface area contributed by atoms with Gasteiger partial charge in [-0.3, -0.25) is 14.9 Å². The van der Waals surface area contributed by atoms with E-state index in [4.69, 9.17) is 4.74 Å². The molecule has 0 aliphatic carbocycles. The maximum Gasteiger partial charge on any atom is 0.338 e. The van der Waals surface area contributed by atoms with Gasteiger partial charge in [0.25, 0.3) is 11.6 Å². The van der Waals surface area contributed by atoms with Crippen LogP contribution in [-0.4, -0.2) is 30.5 Å². The highest BCUT2D eigenvalue weighted by Gasteiger charge is 2.19. The molecule has 0 radical (unpaired) electrons. The van der Waals surface area contributed by atoms with Gasteiger partial charge < -0.3 is 15.4 Å². The molecule has 1 atom stereocenters. The minimum absolute atomic E-state index is 0.00445. The van der Waals surface area contributed by atoms with Crippen LogP contribution in [0, 0.1) is 10.1 Å². The number of nitrogens with one attached hydrogen (secondary N) is 2. The quantitative estimate of drug-likeness (QED) is 0.444. The highest BCUT2D eigenvalue weighted by molar-refractivity contribution is 7.10. The number of esters is 1. The van der Waals surface area contributed by atoms with Crippen LogP contribution in [0.25, 0.3) is 0 Å². The first-order chi connectivity index (χ1) is 11.9. The Kier molecular flexibility index (Phi) is 6.07. The van der Waals surface area contributed by atoms with Gasteiger partial charge in [-0.25, -0.2) is 4.79 Å². The monoisotopic (exact) mass is 363 g/mol. The van der Waals surface area contributed by atoms with Gasteiger partial charge in [0.15, 0.2) is 6.61 Å². The van der Waals surface area contributed by atoms with Crippen molar-refractivity contribution < 1.29 is 19.2 Å². The Balaban J connectivity index is 1.94. The van der Waals surface area contributed by atoms with E-state index < -0.39 is 23.4 Å². The predicted molar refractivity (Wildman–Crippen MR) is 93.8 cm³/mol. The molecule has 2 aromatic rings. The molecule has 2 N–H and O–H groups in total. The number of hydrogen-bond acceptors (Lipinski definition) is 7. The van der Waals surface area contributed by atoms with E-state index >= 15 is 0 Å². The second kappa shape index (κ2) is 8.25. The van der Waals surface area contributed by atoms with Crippen LogP contribution in [0.1, 0.15) is 28.2 Å².